The Morgan fingerprint density at radius 2 is 1.94 bits per heavy atom. The van der Waals surface area contributed by atoms with E-state index < -0.39 is 0 Å². The van der Waals surface area contributed by atoms with Gasteiger partial charge in [-0.3, -0.25) is 0 Å². The first-order valence-corrected chi connectivity index (χ1v) is 5.38. The molecular formula is C14H20N2. The molecule has 1 heterocycles. The van der Waals surface area contributed by atoms with Gasteiger partial charge in [-0.15, -0.1) is 0 Å². The second kappa shape index (κ2) is 4.52. The van der Waals surface area contributed by atoms with Crippen molar-refractivity contribution in [1.82, 2.24) is 4.98 Å². The summed E-state index contributed by atoms with van der Waals surface area (Å²) in [7, 11) is 1.93. The highest BCUT2D eigenvalue weighted by Crippen LogP contribution is 2.26. The molecule has 1 rings (SSSR count). The van der Waals surface area contributed by atoms with Gasteiger partial charge in [0.05, 0.1) is 0 Å². The summed E-state index contributed by atoms with van der Waals surface area (Å²) in [4.78, 5) is 6.36. The molecule has 0 aromatic carbocycles. The zero-order valence-corrected chi connectivity index (χ0v) is 10.6. The van der Waals surface area contributed by atoms with E-state index in [1.54, 1.807) is 6.20 Å². The SMILES string of the molecule is C=Cc1cc(C(C)(C)C)cnc1N(C)C=C. The Kier molecular flexibility index (Phi) is 3.53. The van der Waals surface area contributed by atoms with Crippen LogP contribution < -0.4 is 4.90 Å². The minimum absolute atomic E-state index is 0.107. The number of pyridine rings is 1. The molecule has 0 unspecified atom stereocenters. The first kappa shape index (κ1) is 12.5. The van der Waals surface area contributed by atoms with Gasteiger partial charge in [-0.25, -0.2) is 4.98 Å². The summed E-state index contributed by atoms with van der Waals surface area (Å²) < 4.78 is 0. The Morgan fingerprint density at radius 3 is 2.38 bits per heavy atom. The lowest BCUT2D eigenvalue weighted by Gasteiger charge is -2.22. The molecule has 0 amide bonds. The third-order valence-electron chi connectivity index (χ3n) is 2.59. The number of hydrogen-bond donors (Lipinski definition) is 0. The van der Waals surface area contributed by atoms with Crippen LogP contribution in [-0.2, 0) is 5.41 Å². The summed E-state index contributed by atoms with van der Waals surface area (Å²) in [5.74, 6) is 0.887. The second-order valence-electron chi connectivity index (χ2n) is 4.88. The lowest BCUT2D eigenvalue weighted by molar-refractivity contribution is 0.587. The van der Waals surface area contributed by atoms with Crippen LogP contribution in [0.2, 0.25) is 0 Å². The first-order valence-electron chi connectivity index (χ1n) is 5.38. The van der Waals surface area contributed by atoms with E-state index in [0.717, 1.165) is 11.4 Å². The molecule has 16 heavy (non-hydrogen) atoms. The highest BCUT2D eigenvalue weighted by molar-refractivity contribution is 5.64. The molecule has 0 aliphatic rings. The van der Waals surface area contributed by atoms with Crippen molar-refractivity contribution in [2.24, 2.45) is 0 Å². The number of anilines is 1. The minimum Gasteiger partial charge on any atom is -0.336 e. The van der Waals surface area contributed by atoms with Crippen LogP contribution in [0.3, 0.4) is 0 Å². The lowest BCUT2D eigenvalue weighted by atomic mass is 9.87. The van der Waals surface area contributed by atoms with Crippen molar-refractivity contribution in [1.29, 1.82) is 0 Å². The Labute approximate surface area is 98.3 Å². The van der Waals surface area contributed by atoms with E-state index in [4.69, 9.17) is 0 Å². The summed E-state index contributed by atoms with van der Waals surface area (Å²) in [5, 5.41) is 0. The van der Waals surface area contributed by atoms with E-state index >= 15 is 0 Å². The number of rotatable bonds is 3. The standard InChI is InChI=1S/C14H20N2/c1-7-11-9-12(14(3,4)5)10-15-13(11)16(6)8-2/h7-10H,1-2H2,3-6H3. The molecule has 86 valence electrons. The van der Waals surface area contributed by atoms with Crippen LogP contribution in [0.1, 0.15) is 31.9 Å². The van der Waals surface area contributed by atoms with E-state index in [1.165, 1.54) is 5.56 Å². The van der Waals surface area contributed by atoms with Crippen LogP contribution in [0.25, 0.3) is 6.08 Å². The van der Waals surface area contributed by atoms with Gasteiger partial charge in [-0.2, -0.15) is 0 Å². The van der Waals surface area contributed by atoms with Gasteiger partial charge in [0.2, 0.25) is 0 Å². The molecule has 1 aromatic heterocycles. The number of aromatic nitrogens is 1. The molecule has 0 bridgehead atoms. The van der Waals surface area contributed by atoms with E-state index in [-0.39, 0.29) is 5.41 Å². The van der Waals surface area contributed by atoms with Gasteiger partial charge < -0.3 is 4.90 Å². The molecule has 2 nitrogen and oxygen atoms in total. The van der Waals surface area contributed by atoms with Crippen molar-refractivity contribution in [2.45, 2.75) is 26.2 Å². The molecule has 0 fully saturated rings. The summed E-state index contributed by atoms with van der Waals surface area (Å²) >= 11 is 0. The van der Waals surface area contributed by atoms with Crippen LogP contribution in [-0.4, -0.2) is 12.0 Å². The predicted octanol–water partition coefficient (Wildman–Crippen LogP) is 3.60. The summed E-state index contributed by atoms with van der Waals surface area (Å²) in [5.41, 5.74) is 2.36. The van der Waals surface area contributed by atoms with Gasteiger partial charge in [0, 0.05) is 18.8 Å². The molecule has 0 N–H and O–H groups in total. The van der Waals surface area contributed by atoms with Crippen molar-refractivity contribution in [2.75, 3.05) is 11.9 Å². The molecule has 0 aliphatic carbocycles. The minimum atomic E-state index is 0.107. The third-order valence-corrected chi connectivity index (χ3v) is 2.59. The molecule has 2 heteroatoms. The highest BCUT2D eigenvalue weighted by Gasteiger charge is 2.16. The fourth-order valence-corrected chi connectivity index (χ4v) is 1.42. The maximum atomic E-state index is 4.47. The topological polar surface area (TPSA) is 16.1 Å². The Hall–Kier alpha value is -1.57. The van der Waals surface area contributed by atoms with Gasteiger partial charge >= 0.3 is 0 Å². The Bertz CT molecular complexity index is 400. The average Bonchev–Trinajstić information content (AvgIpc) is 2.26. The molecule has 0 atom stereocenters. The van der Waals surface area contributed by atoms with Gasteiger partial charge in [0.25, 0.3) is 0 Å². The smallest absolute Gasteiger partial charge is 0.139 e. The monoisotopic (exact) mass is 216 g/mol. The highest BCUT2D eigenvalue weighted by atomic mass is 15.1. The van der Waals surface area contributed by atoms with E-state index in [2.05, 4.69) is 45.0 Å². The Morgan fingerprint density at radius 1 is 1.31 bits per heavy atom. The molecule has 0 spiro atoms. The summed E-state index contributed by atoms with van der Waals surface area (Å²) in [6.45, 7) is 14.1. The fourth-order valence-electron chi connectivity index (χ4n) is 1.42. The summed E-state index contributed by atoms with van der Waals surface area (Å²) in [6.07, 6.45) is 5.49. The molecule has 0 radical (unpaired) electrons. The van der Waals surface area contributed by atoms with Crippen molar-refractivity contribution in [3.05, 3.63) is 42.7 Å². The predicted molar refractivity (Wildman–Crippen MR) is 71.6 cm³/mol. The molecule has 0 aliphatic heterocycles. The fraction of sp³-hybridized carbons (Fsp3) is 0.357. The van der Waals surface area contributed by atoms with Gasteiger partial charge in [-0.1, -0.05) is 40.0 Å². The molecule has 0 saturated heterocycles. The molecule has 0 saturated carbocycles. The zero-order chi connectivity index (χ0) is 12.3. The van der Waals surface area contributed by atoms with Crippen molar-refractivity contribution >= 4 is 11.9 Å². The van der Waals surface area contributed by atoms with Crippen LogP contribution in [0.4, 0.5) is 5.82 Å². The van der Waals surface area contributed by atoms with Crippen molar-refractivity contribution in [3.63, 3.8) is 0 Å². The number of nitrogens with zero attached hydrogens (tertiary/aromatic N) is 2. The quantitative estimate of drug-likeness (QED) is 0.767. The maximum absolute atomic E-state index is 4.47. The van der Waals surface area contributed by atoms with Crippen molar-refractivity contribution in [3.8, 4) is 0 Å². The first-order chi connectivity index (χ1) is 7.40. The maximum Gasteiger partial charge on any atom is 0.139 e. The van der Waals surface area contributed by atoms with E-state index in [1.807, 2.05) is 24.2 Å². The van der Waals surface area contributed by atoms with Crippen LogP contribution in [0, 0.1) is 0 Å². The molecule has 1 aromatic rings. The largest absolute Gasteiger partial charge is 0.336 e. The third kappa shape index (κ3) is 2.51. The van der Waals surface area contributed by atoms with Crippen LogP contribution >= 0.6 is 0 Å². The normalized spacial score (nSPS) is 11.0. The summed E-state index contributed by atoms with van der Waals surface area (Å²) in [6, 6.07) is 2.13. The van der Waals surface area contributed by atoms with Crippen LogP contribution in [0.5, 0.6) is 0 Å². The van der Waals surface area contributed by atoms with Gasteiger partial charge in [0.15, 0.2) is 0 Å². The Balaban J connectivity index is 3.27. The average molecular weight is 216 g/mol. The molecular weight excluding hydrogens is 196 g/mol. The number of hydrogen-bond acceptors (Lipinski definition) is 2. The van der Waals surface area contributed by atoms with Crippen molar-refractivity contribution < 1.29 is 0 Å². The van der Waals surface area contributed by atoms with E-state index in [0.29, 0.717) is 0 Å². The van der Waals surface area contributed by atoms with E-state index in [9.17, 15) is 0 Å². The van der Waals surface area contributed by atoms with Gasteiger partial charge in [0.1, 0.15) is 5.82 Å². The zero-order valence-electron chi connectivity index (χ0n) is 10.6. The van der Waals surface area contributed by atoms with Gasteiger partial charge in [-0.05, 0) is 23.2 Å². The lowest BCUT2D eigenvalue weighted by Crippen LogP contribution is -2.15. The second-order valence-corrected chi connectivity index (χ2v) is 4.88. The van der Waals surface area contributed by atoms with Crippen LogP contribution in [0.15, 0.2) is 31.6 Å².